The summed E-state index contributed by atoms with van der Waals surface area (Å²) in [5, 5.41) is 4.44. The van der Waals surface area contributed by atoms with Crippen molar-refractivity contribution in [1.82, 2.24) is 14.5 Å². The van der Waals surface area contributed by atoms with Gasteiger partial charge in [-0.05, 0) is 19.1 Å². The van der Waals surface area contributed by atoms with Gasteiger partial charge in [0.25, 0.3) is 11.8 Å². The van der Waals surface area contributed by atoms with Gasteiger partial charge in [-0.2, -0.15) is 0 Å². The van der Waals surface area contributed by atoms with Crippen LogP contribution in [0.25, 0.3) is 33.0 Å². The van der Waals surface area contributed by atoms with Crippen LogP contribution >= 0.6 is 0 Å². The minimum Gasteiger partial charge on any atom is -0.350 e. The molecule has 0 aliphatic carbocycles. The summed E-state index contributed by atoms with van der Waals surface area (Å²) in [5.74, 6) is -0.684. The molecule has 0 spiro atoms. The second-order valence-electron chi connectivity index (χ2n) is 7.05. The highest BCUT2D eigenvalue weighted by Crippen LogP contribution is 2.38. The lowest BCUT2D eigenvalue weighted by Gasteiger charge is -2.03. The van der Waals surface area contributed by atoms with E-state index in [1.165, 1.54) is 0 Å². The largest absolute Gasteiger partial charge is 0.350 e. The summed E-state index contributed by atoms with van der Waals surface area (Å²) < 4.78 is 4.09. The molecule has 0 fully saturated rings. The topological polar surface area (TPSA) is 56.0 Å². The van der Waals surface area contributed by atoms with Crippen molar-refractivity contribution in [3.8, 4) is 0 Å². The lowest BCUT2D eigenvalue weighted by atomic mass is 9.95. The standard InChI is InChI=1S/C23H19N3O2/c1-3-26-13-17(15-9-5-7-11-19(15)26)21-20(22(27)24-23(21)28)16-12-25(2)18-10-6-4-8-14(16)18/h4-13H,3H2,1-2H3,(H,24,27,28). The Kier molecular flexibility index (Phi) is 3.52. The molecule has 28 heavy (non-hydrogen) atoms. The van der Waals surface area contributed by atoms with E-state index in [9.17, 15) is 9.59 Å². The van der Waals surface area contributed by atoms with Crippen molar-refractivity contribution in [3.05, 3.63) is 72.1 Å². The third-order valence-corrected chi connectivity index (χ3v) is 5.50. The highest BCUT2D eigenvalue weighted by atomic mass is 16.2. The lowest BCUT2D eigenvalue weighted by Crippen LogP contribution is -2.22. The van der Waals surface area contributed by atoms with E-state index in [0.717, 1.165) is 39.5 Å². The molecule has 0 bridgehead atoms. The first-order valence-electron chi connectivity index (χ1n) is 9.32. The smallest absolute Gasteiger partial charge is 0.259 e. The van der Waals surface area contributed by atoms with Crippen molar-refractivity contribution in [1.29, 1.82) is 0 Å². The van der Waals surface area contributed by atoms with Gasteiger partial charge >= 0.3 is 0 Å². The first-order valence-corrected chi connectivity index (χ1v) is 9.32. The number of hydrogen-bond acceptors (Lipinski definition) is 2. The molecule has 0 unspecified atom stereocenters. The number of imide groups is 1. The highest BCUT2D eigenvalue weighted by Gasteiger charge is 2.35. The molecule has 0 saturated carbocycles. The molecule has 1 aliphatic rings. The molecular formula is C23H19N3O2. The zero-order valence-electron chi connectivity index (χ0n) is 15.7. The van der Waals surface area contributed by atoms with Gasteiger partial charge in [0.05, 0.1) is 11.1 Å². The Hall–Kier alpha value is -3.60. The van der Waals surface area contributed by atoms with E-state index < -0.39 is 0 Å². The fraction of sp³-hybridized carbons (Fsp3) is 0.130. The first kappa shape index (κ1) is 16.6. The minimum atomic E-state index is -0.343. The molecule has 2 aromatic heterocycles. The van der Waals surface area contributed by atoms with Crippen molar-refractivity contribution >= 4 is 44.8 Å². The summed E-state index contributed by atoms with van der Waals surface area (Å²) in [6, 6.07) is 15.9. The monoisotopic (exact) mass is 369 g/mol. The number of aromatic nitrogens is 2. The van der Waals surface area contributed by atoms with Crippen molar-refractivity contribution in [2.24, 2.45) is 7.05 Å². The summed E-state index contributed by atoms with van der Waals surface area (Å²) in [6.45, 7) is 2.85. The van der Waals surface area contributed by atoms with Crippen LogP contribution in [0.15, 0.2) is 60.9 Å². The average Bonchev–Trinajstić information content (AvgIpc) is 3.33. The molecule has 1 aliphatic heterocycles. The van der Waals surface area contributed by atoms with E-state index in [1.807, 2.05) is 72.5 Å². The molecule has 2 aromatic carbocycles. The Labute approximate surface area is 161 Å². The molecule has 4 aromatic rings. The van der Waals surface area contributed by atoms with E-state index >= 15 is 0 Å². The van der Waals surface area contributed by atoms with Crippen LogP contribution in [0.3, 0.4) is 0 Å². The maximum absolute atomic E-state index is 12.8. The van der Waals surface area contributed by atoms with E-state index in [0.29, 0.717) is 11.1 Å². The van der Waals surface area contributed by atoms with Gasteiger partial charge in [-0.1, -0.05) is 36.4 Å². The van der Waals surface area contributed by atoms with Crippen LogP contribution in [-0.4, -0.2) is 20.9 Å². The van der Waals surface area contributed by atoms with E-state index in [4.69, 9.17) is 0 Å². The van der Waals surface area contributed by atoms with E-state index in [2.05, 4.69) is 16.8 Å². The third kappa shape index (κ3) is 2.19. The Morgan fingerprint density at radius 2 is 1.32 bits per heavy atom. The number of benzene rings is 2. The number of amides is 2. The zero-order chi connectivity index (χ0) is 19.4. The number of carbonyl (C=O) groups is 2. The number of nitrogens with zero attached hydrogens (tertiary/aromatic N) is 2. The number of hydrogen-bond donors (Lipinski definition) is 1. The van der Waals surface area contributed by atoms with Gasteiger partial charge < -0.3 is 9.13 Å². The SMILES string of the molecule is CCn1cc(C2=C(c3cn(C)c4ccccc34)C(=O)NC2=O)c2ccccc21. The van der Waals surface area contributed by atoms with E-state index in [-0.39, 0.29) is 11.8 Å². The number of nitrogens with one attached hydrogen (secondary N) is 1. The van der Waals surface area contributed by atoms with Gasteiger partial charge in [0.15, 0.2) is 0 Å². The van der Waals surface area contributed by atoms with Crippen LogP contribution in [-0.2, 0) is 23.2 Å². The van der Waals surface area contributed by atoms with Gasteiger partial charge in [0.2, 0.25) is 0 Å². The van der Waals surface area contributed by atoms with Gasteiger partial charge in [-0.25, -0.2) is 0 Å². The molecule has 0 saturated heterocycles. The van der Waals surface area contributed by atoms with E-state index in [1.54, 1.807) is 0 Å². The molecule has 2 amide bonds. The summed E-state index contributed by atoms with van der Waals surface area (Å²) >= 11 is 0. The molecule has 138 valence electrons. The predicted molar refractivity (Wildman–Crippen MR) is 110 cm³/mol. The van der Waals surface area contributed by atoms with Crippen LogP contribution < -0.4 is 5.32 Å². The van der Waals surface area contributed by atoms with Crippen LogP contribution in [0, 0.1) is 0 Å². The number of rotatable bonds is 3. The van der Waals surface area contributed by atoms with Crippen LogP contribution in [0.5, 0.6) is 0 Å². The lowest BCUT2D eigenvalue weighted by molar-refractivity contribution is -0.122. The van der Waals surface area contributed by atoms with Gasteiger partial charge in [-0.15, -0.1) is 0 Å². The fourth-order valence-corrected chi connectivity index (χ4v) is 4.22. The third-order valence-electron chi connectivity index (χ3n) is 5.50. The fourth-order valence-electron chi connectivity index (χ4n) is 4.22. The second kappa shape index (κ2) is 5.96. The summed E-state index contributed by atoms with van der Waals surface area (Å²) in [7, 11) is 1.95. The number of para-hydroxylation sites is 2. The van der Waals surface area contributed by atoms with Crippen molar-refractivity contribution in [3.63, 3.8) is 0 Å². The molecular weight excluding hydrogens is 350 g/mol. The molecule has 0 radical (unpaired) electrons. The Bertz CT molecular complexity index is 1320. The molecule has 5 nitrogen and oxygen atoms in total. The summed E-state index contributed by atoms with van der Waals surface area (Å²) in [4.78, 5) is 25.7. The van der Waals surface area contributed by atoms with Crippen LogP contribution in [0.2, 0.25) is 0 Å². The average molecular weight is 369 g/mol. The molecule has 1 N–H and O–H groups in total. The van der Waals surface area contributed by atoms with Gasteiger partial charge in [0, 0.05) is 58.9 Å². The van der Waals surface area contributed by atoms with Crippen LogP contribution in [0.4, 0.5) is 0 Å². The molecule has 5 heteroatoms. The maximum Gasteiger partial charge on any atom is 0.259 e. The molecule has 3 heterocycles. The quantitative estimate of drug-likeness (QED) is 0.560. The number of carbonyl (C=O) groups excluding carboxylic acids is 2. The van der Waals surface area contributed by atoms with Crippen molar-refractivity contribution in [2.75, 3.05) is 0 Å². The Balaban J connectivity index is 1.87. The van der Waals surface area contributed by atoms with Gasteiger partial charge in [-0.3, -0.25) is 14.9 Å². The number of fused-ring (bicyclic) bond motifs is 2. The predicted octanol–water partition coefficient (Wildman–Crippen LogP) is 3.72. The zero-order valence-corrected chi connectivity index (χ0v) is 15.7. The maximum atomic E-state index is 12.8. The van der Waals surface area contributed by atoms with Crippen molar-refractivity contribution < 1.29 is 9.59 Å². The minimum absolute atomic E-state index is 0.341. The number of aryl methyl sites for hydroxylation is 2. The first-order chi connectivity index (χ1) is 13.6. The molecule has 5 rings (SSSR count). The van der Waals surface area contributed by atoms with Crippen LogP contribution in [0.1, 0.15) is 18.1 Å². The summed E-state index contributed by atoms with van der Waals surface area (Å²) in [6.07, 6.45) is 3.90. The Morgan fingerprint density at radius 1 is 0.786 bits per heavy atom. The highest BCUT2D eigenvalue weighted by molar-refractivity contribution is 6.50. The second-order valence-corrected chi connectivity index (χ2v) is 7.05. The normalized spacial score (nSPS) is 14.5. The van der Waals surface area contributed by atoms with Crippen molar-refractivity contribution in [2.45, 2.75) is 13.5 Å². The Morgan fingerprint density at radius 3 is 1.96 bits per heavy atom. The molecule has 0 atom stereocenters. The summed E-state index contributed by atoms with van der Waals surface area (Å²) in [5.41, 5.74) is 4.54. The van der Waals surface area contributed by atoms with Gasteiger partial charge in [0.1, 0.15) is 0 Å².